The smallest absolute Gasteiger partial charge is 0.124 e. The molecule has 0 radical (unpaired) electrons. The first kappa shape index (κ1) is 19.3. The predicted molar refractivity (Wildman–Crippen MR) is 114 cm³/mol. The second-order valence-corrected chi connectivity index (χ2v) is 7.76. The average molecular weight is 363 g/mol. The summed E-state index contributed by atoms with van der Waals surface area (Å²) >= 11 is 0. The second-order valence-electron chi connectivity index (χ2n) is 7.76. The van der Waals surface area contributed by atoms with Crippen LogP contribution in [0.5, 0.6) is 11.5 Å². The van der Waals surface area contributed by atoms with Crippen LogP contribution < -0.4 is 9.47 Å². The van der Waals surface area contributed by atoms with Gasteiger partial charge < -0.3 is 9.47 Å². The Bertz CT molecular complexity index is 817. The standard InChI is InChI=1S/C25H30O2/c1-19(2)25(14-12-20(3)13-15-25)27-24-17-22(16-23(18-24)26-4)11-10-21-8-6-5-7-9-21/h5-12,16-19H,13-15H2,1-4H3/b11-10+/t25-/m0/s1. The van der Waals surface area contributed by atoms with E-state index < -0.39 is 0 Å². The maximum absolute atomic E-state index is 6.63. The van der Waals surface area contributed by atoms with Crippen LogP contribution in [0.25, 0.3) is 12.2 Å². The Balaban J connectivity index is 1.88. The molecular formula is C25H30O2. The molecule has 0 spiro atoms. The highest BCUT2D eigenvalue weighted by molar-refractivity contribution is 5.71. The van der Waals surface area contributed by atoms with Gasteiger partial charge in [-0.25, -0.2) is 0 Å². The van der Waals surface area contributed by atoms with Gasteiger partial charge in [0.05, 0.1) is 7.11 Å². The summed E-state index contributed by atoms with van der Waals surface area (Å²) in [5.41, 5.74) is 3.57. The van der Waals surface area contributed by atoms with Gasteiger partial charge in [-0.2, -0.15) is 0 Å². The molecule has 0 amide bonds. The predicted octanol–water partition coefficient (Wildman–Crippen LogP) is 6.77. The Morgan fingerprint density at radius 3 is 2.30 bits per heavy atom. The third kappa shape index (κ3) is 4.82. The molecule has 2 aromatic rings. The lowest BCUT2D eigenvalue weighted by molar-refractivity contribution is 0.0119. The summed E-state index contributed by atoms with van der Waals surface area (Å²) < 4.78 is 12.2. The molecule has 0 unspecified atom stereocenters. The summed E-state index contributed by atoms with van der Waals surface area (Å²) in [6, 6.07) is 16.5. The van der Waals surface area contributed by atoms with Crippen LogP contribution in [0.1, 0.15) is 51.2 Å². The molecule has 3 rings (SSSR count). The van der Waals surface area contributed by atoms with E-state index in [1.807, 2.05) is 30.3 Å². The highest BCUT2D eigenvalue weighted by Gasteiger charge is 2.37. The molecule has 0 bridgehead atoms. The van der Waals surface area contributed by atoms with Crippen LogP contribution in [0, 0.1) is 5.92 Å². The summed E-state index contributed by atoms with van der Waals surface area (Å²) in [5.74, 6) is 2.14. The Morgan fingerprint density at radius 2 is 1.67 bits per heavy atom. The van der Waals surface area contributed by atoms with Gasteiger partial charge in [0.2, 0.25) is 0 Å². The fraction of sp³-hybridized carbons (Fsp3) is 0.360. The number of benzene rings is 2. The average Bonchev–Trinajstić information content (AvgIpc) is 2.69. The monoisotopic (exact) mass is 362 g/mol. The summed E-state index contributed by atoms with van der Waals surface area (Å²) in [5, 5.41) is 0. The van der Waals surface area contributed by atoms with Crippen molar-refractivity contribution >= 4 is 12.2 Å². The Labute approximate surface area is 163 Å². The molecule has 0 aromatic heterocycles. The second kappa shape index (κ2) is 8.47. The van der Waals surface area contributed by atoms with Crippen LogP contribution >= 0.6 is 0 Å². The highest BCUT2D eigenvalue weighted by Crippen LogP contribution is 2.39. The van der Waals surface area contributed by atoms with E-state index in [0.29, 0.717) is 5.92 Å². The quantitative estimate of drug-likeness (QED) is 0.417. The molecule has 142 valence electrons. The fourth-order valence-corrected chi connectivity index (χ4v) is 3.55. The molecule has 0 heterocycles. The van der Waals surface area contributed by atoms with Gasteiger partial charge in [0.25, 0.3) is 0 Å². The van der Waals surface area contributed by atoms with Gasteiger partial charge in [-0.05, 0) is 48.9 Å². The molecule has 0 fully saturated rings. The van der Waals surface area contributed by atoms with Crippen LogP contribution in [0.3, 0.4) is 0 Å². The Kier molecular flexibility index (Phi) is 6.05. The van der Waals surface area contributed by atoms with E-state index in [4.69, 9.17) is 9.47 Å². The number of hydrogen-bond acceptors (Lipinski definition) is 2. The molecule has 2 aromatic carbocycles. The maximum Gasteiger partial charge on any atom is 0.124 e. The zero-order valence-electron chi connectivity index (χ0n) is 16.9. The van der Waals surface area contributed by atoms with Gasteiger partial charge in [0.1, 0.15) is 17.1 Å². The third-order valence-electron chi connectivity index (χ3n) is 5.52. The topological polar surface area (TPSA) is 18.5 Å². The van der Waals surface area contributed by atoms with E-state index in [1.165, 1.54) is 11.1 Å². The Hall–Kier alpha value is -2.48. The van der Waals surface area contributed by atoms with Crippen molar-refractivity contribution in [1.82, 2.24) is 0 Å². The number of allylic oxidation sites excluding steroid dienone is 1. The summed E-state index contributed by atoms with van der Waals surface area (Å²) in [7, 11) is 1.70. The molecule has 0 N–H and O–H groups in total. The summed E-state index contributed by atoms with van der Waals surface area (Å²) in [6.45, 7) is 6.72. The van der Waals surface area contributed by atoms with Crippen molar-refractivity contribution in [1.29, 1.82) is 0 Å². The molecule has 27 heavy (non-hydrogen) atoms. The molecule has 0 saturated carbocycles. The molecule has 0 aliphatic heterocycles. The lowest BCUT2D eigenvalue weighted by atomic mass is 9.78. The lowest BCUT2D eigenvalue weighted by Gasteiger charge is -2.40. The normalized spacial score (nSPS) is 20.0. The van der Waals surface area contributed by atoms with Crippen molar-refractivity contribution < 1.29 is 9.47 Å². The van der Waals surface area contributed by atoms with Gasteiger partial charge in [-0.3, -0.25) is 0 Å². The minimum Gasteiger partial charge on any atom is -0.497 e. The van der Waals surface area contributed by atoms with Crippen molar-refractivity contribution in [2.24, 2.45) is 5.92 Å². The number of methoxy groups -OCH3 is 1. The first-order chi connectivity index (χ1) is 13.0. The van der Waals surface area contributed by atoms with Crippen molar-refractivity contribution in [2.45, 2.75) is 45.6 Å². The van der Waals surface area contributed by atoms with Gasteiger partial charge >= 0.3 is 0 Å². The van der Waals surface area contributed by atoms with Gasteiger partial charge in [-0.1, -0.05) is 68.0 Å². The van der Waals surface area contributed by atoms with Crippen molar-refractivity contribution in [3.8, 4) is 11.5 Å². The van der Waals surface area contributed by atoms with E-state index in [1.54, 1.807) is 7.11 Å². The molecular weight excluding hydrogens is 332 g/mol. The number of rotatable bonds is 6. The van der Waals surface area contributed by atoms with E-state index in [0.717, 1.165) is 36.3 Å². The molecule has 0 saturated heterocycles. The van der Waals surface area contributed by atoms with Gasteiger partial charge in [0, 0.05) is 12.5 Å². The van der Waals surface area contributed by atoms with Crippen LogP contribution in [0.2, 0.25) is 0 Å². The minimum absolute atomic E-state index is 0.147. The third-order valence-corrected chi connectivity index (χ3v) is 5.52. The summed E-state index contributed by atoms with van der Waals surface area (Å²) in [4.78, 5) is 0. The molecule has 1 aliphatic carbocycles. The molecule has 2 heteroatoms. The van der Waals surface area contributed by atoms with E-state index in [-0.39, 0.29) is 5.60 Å². The van der Waals surface area contributed by atoms with Gasteiger partial charge in [0.15, 0.2) is 0 Å². The van der Waals surface area contributed by atoms with E-state index in [2.05, 4.69) is 57.2 Å². The molecule has 1 aliphatic rings. The fourth-order valence-electron chi connectivity index (χ4n) is 3.55. The largest absolute Gasteiger partial charge is 0.497 e. The maximum atomic E-state index is 6.63. The SMILES string of the molecule is COc1cc(/C=C/c2ccccc2)cc(O[C@@]2(C(C)C)CC=C(C)CC2)c1. The van der Waals surface area contributed by atoms with Crippen LogP contribution in [-0.4, -0.2) is 12.7 Å². The first-order valence-corrected chi connectivity index (χ1v) is 9.77. The summed E-state index contributed by atoms with van der Waals surface area (Å²) in [6.07, 6.45) is 9.67. The Morgan fingerprint density at radius 1 is 0.963 bits per heavy atom. The van der Waals surface area contributed by atoms with Gasteiger partial charge in [-0.15, -0.1) is 0 Å². The number of hydrogen-bond donors (Lipinski definition) is 0. The van der Waals surface area contributed by atoms with Crippen molar-refractivity contribution in [3.63, 3.8) is 0 Å². The van der Waals surface area contributed by atoms with E-state index >= 15 is 0 Å². The molecule has 2 nitrogen and oxygen atoms in total. The van der Waals surface area contributed by atoms with Crippen molar-refractivity contribution in [3.05, 3.63) is 71.3 Å². The highest BCUT2D eigenvalue weighted by atomic mass is 16.5. The van der Waals surface area contributed by atoms with Crippen LogP contribution in [-0.2, 0) is 0 Å². The van der Waals surface area contributed by atoms with Crippen molar-refractivity contribution in [2.75, 3.05) is 7.11 Å². The number of ether oxygens (including phenoxy) is 2. The lowest BCUT2D eigenvalue weighted by Crippen LogP contribution is -2.42. The van der Waals surface area contributed by atoms with Crippen LogP contribution in [0.15, 0.2) is 60.2 Å². The minimum atomic E-state index is -0.147. The first-order valence-electron chi connectivity index (χ1n) is 9.77. The van der Waals surface area contributed by atoms with E-state index in [9.17, 15) is 0 Å². The zero-order chi connectivity index (χ0) is 19.3. The van der Waals surface area contributed by atoms with Crippen LogP contribution in [0.4, 0.5) is 0 Å². The zero-order valence-corrected chi connectivity index (χ0v) is 16.9. The molecule has 1 atom stereocenters.